The lowest BCUT2D eigenvalue weighted by atomic mass is 9.71. The van der Waals surface area contributed by atoms with Gasteiger partial charge in [0.15, 0.2) is 0 Å². The first-order valence-electron chi connectivity index (χ1n) is 23.2. The molecule has 0 saturated carbocycles. The van der Waals surface area contributed by atoms with Gasteiger partial charge in [-0.05, 0) is 113 Å². The number of hydrogen-bond donors (Lipinski definition) is 4. The largest absolute Gasteiger partial charge is 0.494 e. The van der Waals surface area contributed by atoms with Crippen molar-refractivity contribution in [3.8, 4) is 5.75 Å². The first-order chi connectivity index (χ1) is 32.7. The van der Waals surface area contributed by atoms with Crippen LogP contribution < -0.4 is 35.2 Å². The van der Waals surface area contributed by atoms with Crippen molar-refractivity contribution in [3.63, 3.8) is 0 Å². The molecule has 10 rings (SSSR count). The minimum atomic E-state index is -3.65. The average molecular weight is 1010 g/mol. The van der Waals surface area contributed by atoms with Crippen molar-refractivity contribution in [2.45, 2.75) is 64.5 Å². The molecule has 0 aliphatic carbocycles. The third-order valence-corrected chi connectivity index (χ3v) is 15.4. The second kappa shape index (κ2) is 18.4. The molecule has 5 aliphatic heterocycles. The molecule has 5 aromatic rings. The van der Waals surface area contributed by atoms with E-state index in [2.05, 4.69) is 91.4 Å². The molecule has 0 bridgehead atoms. The summed E-state index contributed by atoms with van der Waals surface area (Å²) in [6.07, 6.45) is 11.7. The number of rotatable bonds is 13. The lowest BCUT2D eigenvalue weighted by Gasteiger charge is -2.55. The molecule has 5 aliphatic rings. The highest BCUT2D eigenvalue weighted by atomic mass is 79.9. The number of carbonyl (C=O) groups excluding carboxylic acids is 3. The Morgan fingerprint density at radius 3 is 2.43 bits per heavy atom. The van der Waals surface area contributed by atoms with Gasteiger partial charge in [-0.1, -0.05) is 6.92 Å². The summed E-state index contributed by atoms with van der Waals surface area (Å²) in [5.74, 6) is 1.25. The van der Waals surface area contributed by atoms with E-state index < -0.39 is 16.1 Å². The zero-order chi connectivity index (χ0) is 47.3. The summed E-state index contributed by atoms with van der Waals surface area (Å²) >= 11 is 3.55. The van der Waals surface area contributed by atoms with Gasteiger partial charge in [0, 0.05) is 100 Å². The van der Waals surface area contributed by atoms with Crippen LogP contribution in [0.2, 0.25) is 0 Å². The molecule has 4 fully saturated rings. The zero-order valence-electron chi connectivity index (χ0n) is 38.3. The minimum Gasteiger partial charge on any atom is -0.494 e. The summed E-state index contributed by atoms with van der Waals surface area (Å²) in [5.41, 5.74) is 7.82. The van der Waals surface area contributed by atoms with Crippen molar-refractivity contribution < 1.29 is 27.5 Å². The number of halogens is 1. The number of ether oxygens (including phenoxy) is 1. The topological polar surface area (TPSA) is 207 Å². The molecule has 3 amide bonds. The van der Waals surface area contributed by atoms with Crippen LogP contribution in [0.3, 0.4) is 0 Å². The molecular formula is C48H55BrN12O6S. The van der Waals surface area contributed by atoms with E-state index >= 15 is 0 Å². The second-order valence-electron chi connectivity index (χ2n) is 18.8. The van der Waals surface area contributed by atoms with E-state index in [1.165, 1.54) is 17.4 Å². The number of benzene rings is 3. The van der Waals surface area contributed by atoms with E-state index in [0.717, 1.165) is 101 Å². The van der Waals surface area contributed by atoms with Gasteiger partial charge in [0.05, 0.1) is 40.4 Å². The predicted octanol–water partition coefficient (Wildman–Crippen LogP) is 6.19. The van der Waals surface area contributed by atoms with Gasteiger partial charge in [-0.15, -0.1) is 0 Å². The smallest absolute Gasteiger partial charge is 0.255 e. The van der Waals surface area contributed by atoms with Crippen molar-refractivity contribution in [1.29, 1.82) is 0 Å². The fraction of sp³-hybridized carbons (Fsp3) is 0.438. The number of fused-ring (bicyclic) bond motifs is 2. The van der Waals surface area contributed by atoms with Gasteiger partial charge in [-0.3, -0.25) is 34.4 Å². The third-order valence-electron chi connectivity index (χ3n) is 14.2. The molecule has 7 heterocycles. The highest BCUT2D eigenvalue weighted by molar-refractivity contribution is 9.10. The molecule has 68 heavy (non-hydrogen) atoms. The maximum atomic E-state index is 13.2. The molecule has 3 aromatic carbocycles. The molecule has 4 N–H and O–H groups in total. The van der Waals surface area contributed by atoms with Gasteiger partial charge in [-0.25, -0.2) is 13.4 Å². The zero-order valence-corrected chi connectivity index (χ0v) is 40.8. The van der Waals surface area contributed by atoms with Gasteiger partial charge < -0.3 is 35.0 Å². The Hall–Kier alpha value is -6.12. The number of aryl methyl sites for hydroxylation is 1. The first-order valence-corrected chi connectivity index (χ1v) is 25.9. The van der Waals surface area contributed by atoms with Crippen LogP contribution in [-0.4, -0.2) is 121 Å². The molecule has 1 spiro atoms. The summed E-state index contributed by atoms with van der Waals surface area (Å²) < 4.78 is 33.8. The highest BCUT2D eigenvalue weighted by Gasteiger charge is 2.46. The minimum absolute atomic E-state index is 0.133. The number of amides is 3. The van der Waals surface area contributed by atoms with Crippen LogP contribution >= 0.6 is 15.9 Å². The number of sulfonamides is 1. The SMILES string of the molecule is CCc1cc(Nc2ncc(Br)c(Nc3ccc4nccnc4c3NS(C)(=O)=O)n2)c(OC)cc1N1CCC(CN2CC3(CCN(c4ccc5c(c4)CN(C4CCC(=O)NC4=O)C5=O)CC3)C2)CC1. The number of nitrogens with zero attached hydrogens (tertiary/aromatic N) is 8. The van der Waals surface area contributed by atoms with Crippen molar-refractivity contribution in [1.82, 2.24) is 35.1 Å². The molecule has 20 heteroatoms. The molecule has 1 unspecified atom stereocenters. The van der Waals surface area contributed by atoms with Crippen LogP contribution in [0.15, 0.2) is 65.5 Å². The summed E-state index contributed by atoms with van der Waals surface area (Å²) in [6.45, 7) is 9.89. The number of carbonyl (C=O) groups is 3. The van der Waals surface area contributed by atoms with Crippen molar-refractivity contribution >= 4 is 94.9 Å². The van der Waals surface area contributed by atoms with Crippen molar-refractivity contribution in [3.05, 3.63) is 82.2 Å². The number of nitrogens with one attached hydrogen (secondary N) is 4. The Morgan fingerprint density at radius 2 is 1.69 bits per heavy atom. The van der Waals surface area contributed by atoms with E-state index in [-0.39, 0.29) is 29.8 Å². The lowest BCUT2D eigenvalue weighted by Crippen LogP contribution is -2.61. The third kappa shape index (κ3) is 9.24. The van der Waals surface area contributed by atoms with E-state index in [4.69, 9.17) is 9.72 Å². The Bertz CT molecular complexity index is 2920. The van der Waals surface area contributed by atoms with Crippen LogP contribution in [0.5, 0.6) is 5.75 Å². The fourth-order valence-electron chi connectivity index (χ4n) is 10.7. The van der Waals surface area contributed by atoms with E-state index in [1.54, 1.807) is 36.5 Å². The summed E-state index contributed by atoms with van der Waals surface area (Å²) in [7, 11) is -1.99. The Balaban J connectivity index is 0.726. The normalized spacial score (nSPS) is 19.8. The number of imide groups is 1. The maximum Gasteiger partial charge on any atom is 0.255 e. The van der Waals surface area contributed by atoms with Crippen LogP contribution in [0.25, 0.3) is 11.0 Å². The van der Waals surface area contributed by atoms with Crippen molar-refractivity contribution in [2.75, 3.05) is 84.3 Å². The summed E-state index contributed by atoms with van der Waals surface area (Å²) in [6, 6.07) is 13.2. The number of likely N-dealkylation sites (tertiary alicyclic amines) is 1. The predicted molar refractivity (Wildman–Crippen MR) is 264 cm³/mol. The maximum absolute atomic E-state index is 13.2. The number of methoxy groups -OCH3 is 1. The van der Waals surface area contributed by atoms with Gasteiger partial charge in [0.1, 0.15) is 23.1 Å². The van der Waals surface area contributed by atoms with Crippen LogP contribution in [0.1, 0.15) is 66.9 Å². The summed E-state index contributed by atoms with van der Waals surface area (Å²) in [4.78, 5) is 64.6. The number of hydrogen-bond acceptors (Lipinski definition) is 15. The van der Waals surface area contributed by atoms with Gasteiger partial charge in [0.2, 0.25) is 27.8 Å². The van der Waals surface area contributed by atoms with Gasteiger partial charge in [0.25, 0.3) is 5.91 Å². The van der Waals surface area contributed by atoms with Crippen LogP contribution in [0.4, 0.5) is 40.2 Å². The van der Waals surface area contributed by atoms with E-state index in [9.17, 15) is 22.8 Å². The molecule has 1 atom stereocenters. The molecule has 0 radical (unpaired) electrons. The molecule has 356 valence electrons. The second-order valence-corrected chi connectivity index (χ2v) is 21.4. The average Bonchev–Trinajstić information content (AvgIpc) is 3.64. The van der Waals surface area contributed by atoms with Crippen LogP contribution in [-0.2, 0) is 32.6 Å². The Morgan fingerprint density at radius 1 is 0.912 bits per heavy atom. The quantitative estimate of drug-likeness (QED) is 0.0971. The Kier molecular flexibility index (Phi) is 12.4. The molecule has 2 aromatic heterocycles. The van der Waals surface area contributed by atoms with E-state index in [1.807, 2.05) is 12.1 Å². The highest BCUT2D eigenvalue weighted by Crippen LogP contribution is 2.44. The molecular weight excluding hydrogens is 953 g/mol. The number of aromatic nitrogens is 4. The Labute approximate surface area is 403 Å². The van der Waals surface area contributed by atoms with Crippen LogP contribution in [0, 0.1) is 11.3 Å². The summed E-state index contributed by atoms with van der Waals surface area (Å²) in [5, 5.41) is 9.00. The van der Waals surface area contributed by atoms with Gasteiger partial charge in [-0.2, -0.15) is 4.98 Å². The van der Waals surface area contributed by atoms with Gasteiger partial charge >= 0.3 is 0 Å². The first kappa shape index (κ1) is 45.7. The molecule has 4 saturated heterocycles. The molecule has 18 nitrogen and oxygen atoms in total. The fourth-order valence-corrected chi connectivity index (χ4v) is 11.6. The number of piperidine rings is 3. The standard InChI is InChI=1S/C48H55BrN12O6S/c1-4-30-22-37(54-47-52-24-34(49)44(56-47)53-36-8-7-35-42(51-16-15-50-35)43(36)57-68(3,65)66)40(67-2)23-39(30)60-17-11-29(12-18-60)25-58-27-48(28-58)13-19-59(20-14-48)32-5-6-33-31(21-32)26-61(46(33)64)38-9-10-41(62)55-45(38)63/h5-8,15-16,21-24,29,38,57H,4,9-14,17-20,25-28H2,1-3H3,(H,55,62,63)(H2,52,53,54,56). The number of anilines is 7. The van der Waals surface area contributed by atoms with E-state index in [0.29, 0.717) is 68.6 Å². The lowest BCUT2D eigenvalue weighted by molar-refractivity contribution is -0.136. The van der Waals surface area contributed by atoms with Crippen molar-refractivity contribution in [2.24, 2.45) is 11.3 Å². The monoisotopic (exact) mass is 1010 g/mol.